The summed E-state index contributed by atoms with van der Waals surface area (Å²) in [5, 5.41) is 19.4. The summed E-state index contributed by atoms with van der Waals surface area (Å²) in [5.41, 5.74) is 0.637. The van der Waals surface area contributed by atoms with Crippen LogP contribution in [0.25, 0.3) is 10.8 Å². The number of carboxylic acid groups (broad SMARTS) is 1. The molecule has 3 amide bonds. The van der Waals surface area contributed by atoms with Crippen molar-refractivity contribution in [3.63, 3.8) is 0 Å². The van der Waals surface area contributed by atoms with Crippen LogP contribution in [0.3, 0.4) is 0 Å². The van der Waals surface area contributed by atoms with Gasteiger partial charge in [-0.3, -0.25) is 4.79 Å². The number of urea groups is 1. The standard InChI is InChI=1S/C23H31N3O4/c1-14(2)12-19(21(27)24-20(22(28)29)13-15(3)4)26-23(30)25-18-11-7-9-16-8-5-6-10-17(16)18/h5-11,14-15,19-20H,12-13H2,1-4H3,(H,24,27)(H,28,29)(H2,25,26,30)/t19-,20+/m1/s1. The average Bonchev–Trinajstić information content (AvgIpc) is 2.66. The van der Waals surface area contributed by atoms with E-state index in [2.05, 4.69) is 16.0 Å². The summed E-state index contributed by atoms with van der Waals surface area (Å²) in [7, 11) is 0. The molecule has 0 saturated carbocycles. The van der Waals surface area contributed by atoms with Crippen molar-refractivity contribution in [1.82, 2.24) is 10.6 Å². The molecule has 0 aliphatic heterocycles. The molecule has 0 bridgehead atoms. The highest BCUT2D eigenvalue weighted by Gasteiger charge is 2.27. The molecule has 4 N–H and O–H groups in total. The Balaban J connectivity index is 2.11. The second-order valence-corrected chi connectivity index (χ2v) is 8.34. The van der Waals surface area contributed by atoms with Gasteiger partial charge in [-0.05, 0) is 36.1 Å². The van der Waals surface area contributed by atoms with Gasteiger partial charge < -0.3 is 21.1 Å². The Labute approximate surface area is 177 Å². The average molecular weight is 414 g/mol. The van der Waals surface area contributed by atoms with Gasteiger partial charge in [0.15, 0.2) is 0 Å². The number of hydrogen-bond donors (Lipinski definition) is 4. The van der Waals surface area contributed by atoms with Gasteiger partial charge in [0.2, 0.25) is 5.91 Å². The van der Waals surface area contributed by atoms with Gasteiger partial charge in [0, 0.05) is 5.39 Å². The summed E-state index contributed by atoms with van der Waals surface area (Å²) in [6, 6.07) is 10.9. The smallest absolute Gasteiger partial charge is 0.326 e. The number of carboxylic acids is 1. The van der Waals surface area contributed by atoms with Crippen LogP contribution >= 0.6 is 0 Å². The first-order valence-electron chi connectivity index (χ1n) is 10.3. The van der Waals surface area contributed by atoms with Gasteiger partial charge in [-0.15, -0.1) is 0 Å². The molecule has 7 heteroatoms. The summed E-state index contributed by atoms with van der Waals surface area (Å²) in [6.07, 6.45) is 0.709. The Morgan fingerprint density at radius 3 is 2.07 bits per heavy atom. The third-order valence-electron chi connectivity index (χ3n) is 4.69. The number of benzene rings is 2. The van der Waals surface area contributed by atoms with E-state index in [1.165, 1.54) is 0 Å². The Hall–Kier alpha value is -3.09. The van der Waals surface area contributed by atoms with Crippen LogP contribution in [0.2, 0.25) is 0 Å². The van der Waals surface area contributed by atoms with Crippen LogP contribution in [-0.4, -0.2) is 35.1 Å². The summed E-state index contributed by atoms with van der Waals surface area (Å²) in [5.74, 6) is -1.34. The minimum Gasteiger partial charge on any atom is -0.480 e. The Morgan fingerprint density at radius 1 is 0.833 bits per heavy atom. The van der Waals surface area contributed by atoms with Crippen LogP contribution in [0.15, 0.2) is 42.5 Å². The van der Waals surface area contributed by atoms with Crippen LogP contribution in [0.4, 0.5) is 10.5 Å². The van der Waals surface area contributed by atoms with E-state index in [-0.39, 0.29) is 11.8 Å². The van der Waals surface area contributed by atoms with Crippen molar-refractivity contribution >= 4 is 34.4 Å². The minimum absolute atomic E-state index is 0.109. The van der Waals surface area contributed by atoms with Crippen molar-refractivity contribution in [3.05, 3.63) is 42.5 Å². The van der Waals surface area contributed by atoms with Crippen molar-refractivity contribution in [2.24, 2.45) is 11.8 Å². The van der Waals surface area contributed by atoms with E-state index >= 15 is 0 Å². The fourth-order valence-electron chi connectivity index (χ4n) is 3.32. The normalized spacial score (nSPS) is 13.1. The summed E-state index contributed by atoms with van der Waals surface area (Å²) in [4.78, 5) is 36.9. The highest BCUT2D eigenvalue weighted by atomic mass is 16.4. The fourth-order valence-corrected chi connectivity index (χ4v) is 3.32. The molecule has 2 aromatic carbocycles. The molecule has 0 unspecified atom stereocenters. The zero-order valence-electron chi connectivity index (χ0n) is 17.9. The first kappa shape index (κ1) is 23.2. The van der Waals surface area contributed by atoms with E-state index in [9.17, 15) is 19.5 Å². The monoisotopic (exact) mass is 413 g/mol. The minimum atomic E-state index is -1.08. The number of aliphatic carboxylic acids is 1. The van der Waals surface area contributed by atoms with E-state index in [1.54, 1.807) is 6.07 Å². The van der Waals surface area contributed by atoms with Crippen LogP contribution < -0.4 is 16.0 Å². The molecule has 0 saturated heterocycles. The lowest BCUT2D eigenvalue weighted by molar-refractivity contribution is -0.142. The van der Waals surface area contributed by atoms with Gasteiger partial charge in [-0.1, -0.05) is 64.1 Å². The third kappa shape index (κ3) is 6.76. The predicted molar refractivity (Wildman–Crippen MR) is 118 cm³/mol. The maximum absolute atomic E-state index is 12.8. The summed E-state index contributed by atoms with van der Waals surface area (Å²) < 4.78 is 0. The summed E-state index contributed by atoms with van der Waals surface area (Å²) in [6.45, 7) is 7.66. The van der Waals surface area contributed by atoms with Gasteiger partial charge in [0.05, 0.1) is 5.69 Å². The third-order valence-corrected chi connectivity index (χ3v) is 4.69. The molecule has 162 valence electrons. The topological polar surface area (TPSA) is 108 Å². The van der Waals surface area contributed by atoms with E-state index in [0.29, 0.717) is 18.5 Å². The van der Waals surface area contributed by atoms with E-state index in [4.69, 9.17) is 0 Å². The maximum Gasteiger partial charge on any atom is 0.326 e. The molecular formula is C23H31N3O4. The molecule has 2 atom stereocenters. The first-order valence-corrected chi connectivity index (χ1v) is 10.3. The number of amides is 3. The number of carbonyl (C=O) groups is 3. The van der Waals surface area contributed by atoms with Gasteiger partial charge in [0.25, 0.3) is 0 Å². The molecule has 0 radical (unpaired) electrons. The van der Waals surface area contributed by atoms with Crippen molar-refractivity contribution in [2.45, 2.75) is 52.6 Å². The molecule has 2 rings (SSSR count). The highest BCUT2D eigenvalue weighted by molar-refractivity contribution is 6.02. The molecule has 0 fully saturated rings. The number of nitrogens with one attached hydrogen (secondary N) is 3. The number of carbonyl (C=O) groups excluding carboxylic acids is 2. The molecule has 0 aromatic heterocycles. The molecule has 0 aliphatic carbocycles. The molecule has 30 heavy (non-hydrogen) atoms. The molecule has 2 aromatic rings. The molecule has 0 heterocycles. The van der Waals surface area contributed by atoms with Crippen molar-refractivity contribution in [3.8, 4) is 0 Å². The zero-order valence-corrected chi connectivity index (χ0v) is 17.9. The molecule has 7 nitrogen and oxygen atoms in total. The van der Waals surface area contributed by atoms with E-state index in [0.717, 1.165) is 10.8 Å². The van der Waals surface area contributed by atoms with Gasteiger partial charge >= 0.3 is 12.0 Å². The highest BCUT2D eigenvalue weighted by Crippen LogP contribution is 2.22. The molecular weight excluding hydrogens is 382 g/mol. The van der Waals surface area contributed by atoms with E-state index in [1.807, 2.05) is 64.1 Å². The molecule has 0 spiro atoms. The van der Waals surface area contributed by atoms with Gasteiger partial charge in [-0.2, -0.15) is 0 Å². The quantitative estimate of drug-likeness (QED) is 0.498. The van der Waals surface area contributed by atoms with E-state index < -0.39 is 30.0 Å². The molecule has 0 aliphatic rings. The van der Waals surface area contributed by atoms with Gasteiger partial charge in [-0.25, -0.2) is 9.59 Å². The lowest BCUT2D eigenvalue weighted by Crippen LogP contribution is -2.53. The van der Waals surface area contributed by atoms with Crippen LogP contribution in [0.1, 0.15) is 40.5 Å². The Kier molecular flexibility index (Phi) is 8.21. The second-order valence-electron chi connectivity index (χ2n) is 8.34. The maximum atomic E-state index is 12.8. The predicted octanol–water partition coefficient (Wildman–Crippen LogP) is 3.99. The van der Waals surface area contributed by atoms with Gasteiger partial charge in [0.1, 0.15) is 12.1 Å². The largest absolute Gasteiger partial charge is 0.480 e. The SMILES string of the molecule is CC(C)C[C@H](NC(=O)[C@@H](CC(C)C)NC(=O)Nc1cccc2ccccc12)C(=O)O. The Bertz CT molecular complexity index is 890. The zero-order chi connectivity index (χ0) is 22.3. The van der Waals surface area contributed by atoms with Crippen LogP contribution in [0, 0.1) is 11.8 Å². The van der Waals surface area contributed by atoms with Crippen LogP contribution in [-0.2, 0) is 9.59 Å². The summed E-state index contributed by atoms with van der Waals surface area (Å²) >= 11 is 0. The fraction of sp³-hybridized carbons (Fsp3) is 0.435. The first-order chi connectivity index (χ1) is 14.2. The lowest BCUT2D eigenvalue weighted by Gasteiger charge is -2.23. The van der Waals surface area contributed by atoms with Crippen molar-refractivity contribution < 1.29 is 19.5 Å². The second kappa shape index (κ2) is 10.6. The van der Waals surface area contributed by atoms with Crippen LogP contribution in [0.5, 0.6) is 0 Å². The lowest BCUT2D eigenvalue weighted by atomic mass is 10.0. The Morgan fingerprint density at radius 2 is 1.43 bits per heavy atom. The number of hydrogen-bond acceptors (Lipinski definition) is 3. The number of fused-ring (bicyclic) bond motifs is 1. The van der Waals surface area contributed by atoms with Crippen molar-refractivity contribution in [2.75, 3.05) is 5.32 Å². The number of rotatable bonds is 9. The number of anilines is 1. The van der Waals surface area contributed by atoms with Crippen molar-refractivity contribution in [1.29, 1.82) is 0 Å².